The van der Waals surface area contributed by atoms with E-state index in [1.807, 2.05) is 37.3 Å². The molecule has 2 aromatic carbocycles. The predicted octanol–water partition coefficient (Wildman–Crippen LogP) is 4.58. The molecule has 3 rings (SSSR count). The van der Waals surface area contributed by atoms with Gasteiger partial charge in [-0.05, 0) is 37.6 Å². The number of para-hydroxylation sites is 1. The lowest BCUT2D eigenvalue weighted by atomic mass is 10.1. The van der Waals surface area contributed by atoms with E-state index in [2.05, 4.69) is 10.3 Å². The van der Waals surface area contributed by atoms with E-state index in [0.29, 0.717) is 5.75 Å². The van der Waals surface area contributed by atoms with Crippen molar-refractivity contribution in [3.05, 3.63) is 64.2 Å². The summed E-state index contributed by atoms with van der Waals surface area (Å²) in [6.07, 6.45) is 0. The Hall–Kier alpha value is -3.13. The highest BCUT2D eigenvalue weighted by Crippen LogP contribution is 2.31. The zero-order chi connectivity index (χ0) is 20.3. The van der Waals surface area contributed by atoms with Crippen LogP contribution < -0.4 is 10.1 Å². The van der Waals surface area contributed by atoms with Crippen LogP contribution in [-0.4, -0.2) is 28.2 Å². The molecule has 0 saturated carbocycles. The molecular weight excluding hydrogens is 378 g/mol. The Labute approximate surface area is 166 Å². The predicted molar refractivity (Wildman–Crippen MR) is 110 cm³/mol. The van der Waals surface area contributed by atoms with Gasteiger partial charge in [0, 0.05) is 17.5 Å². The molecule has 0 aliphatic carbocycles. The molecule has 144 valence electrons. The van der Waals surface area contributed by atoms with Crippen molar-refractivity contribution in [3.63, 3.8) is 0 Å². The zero-order valence-electron chi connectivity index (χ0n) is 15.6. The normalized spacial score (nSPS) is 11.8. The number of aromatic nitrogens is 1. The quantitative estimate of drug-likeness (QED) is 0.372. The van der Waals surface area contributed by atoms with Gasteiger partial charge in [-0.25, -0.2) is 4.98 Å². The maximum Gasteiger partial charge on any atom is 0.271 e. The largest absolute Gasteiger partial charge is 0.495 e. The average Bonchev–Trinajstić information content (AvgIpc) is 2.67. The number of methoxy groups -OCH3 is 1. The van der Waals surface area contributed by atoms with Gasteiger partial charge in [-0.3, -0.25) is 14.9 Å². The summed E-state index contributed by atoms with van der Waals surface area (Å²) in [6.45, 7) is 3.77. The number of thioether (sulfide) groups is 1. The van der Waals surface area contributed by atoms with Crippen molar-refractivity contribution in [1.82, 2.24) is 4.98 Å². The van der Waals surface area contributed by atoms with Gasteiger partial charge in [-0.1, -0.05) is 30.0 Å². The summed E-state index contributed by atoms with van der Waals surface area (Å²) >= 11 is 1.33. The Bertz CT molecular complexity index is 1050. The maximum absolute atomic E-state index is 12.6. The fraction of sp³-hybridized carbons (Fsp3) is 0.200. The van der Waals surface area contributed by atoms with Crippen molar-refractivity contribution >= 4 is 39.9 Å². The number of carbonyl (C=O) groups excluding carboxylic acids is 1. The molecule has 0 bridgehead atoms. The molecule has 7 nitrogen and oxygen atoms in total. The third-order valence-electron chi connectivity index (χ3n) is 4.22. The van der Waals surface area contributed by atoms with Crippen LogP contribution in [0.15, 0.2) is 53.6 Å². The first-order chi connectivity index (χ1) is 13.4. The fourth-order valence-electron chi connectivity index (χ4n) is 2.76. The molecule has 1 N–H and O–H groups in total. The van der Waals surface area contributed by atoms with E-state index >= 15 is 0 Å². The van der Waals surface area contributed by atoms with Crippen molar-refractivity contribution in [2.24, 2.45) is 0 Å². The van der Waals surface area contributed by atoms with Crippen molar-refractivity contribution < 1.29 is 14.5 Å². The highest BCUT2D eigenvalue weighted by atomic mass is 32.2. The topological polar surface area (TPSA) is 94.4 Å². The number of aryl methyl sites for hydroxylation is 1. The second kappa shape index (κ2) is 8.26. The SMILES string of the molecule is COc1ccc([N+](=O)[O-])cc1NC(=O)C(C)Sc1cc(C)c2ccccc2n1. The second-order valence-electron chi connectivity index (χ2n) is 6.19. The molecule has 1 unspecified atom stereocenters. The summed E-state index contributed by atoms with van der Waals surface area (Å²) in [5, 5.41) is 15.1. The second-order valence-corrected chi connectivity index (χ2v) is 7.55. The van der Waals surface area contributed by atoms with Crippen molar-refractivity contribution in [2.45, 2.75) is 24.1 Å². The molecular formula is C20H19N3O4S. The maximum atomic E-state index is 12.6. The molecule has 8 heteroatoms. The molecule has 1 heterocycles. The number of pyridine rings is 1. The monoisotopic (exact) mass is 397 g/mol. The number of hydrogen-bond acceptors (Lipinski definition) is 6. The minimum absolute atomic E-state index is 0.122. The lowest BCUT2D eigenvalue weighted by molar-refractivity contribution is -0.384. The van der Waals surface area contributed by atoms with Crippen LogP contribution in [0.5, 0.6) is 5.75 Å². The van der Waals surface area contributed by atoms with Gasteiger partial charge in [0.2, 0.25) is 5.91 Å². The molecule has 28 heavy (non-hydrogen) atoms. The minimum Gasteiger partial charge on any atom is -0.495 e. The highest BCUT2D eigenvalue weighted by Gasteiger charge is 2.19. The Morgan fingerprint density at radius 2 is 2.00 bits per heavy atom. The smallest absolute Gasteiger partial charge is 0.271 e. The van der Waals surface area contributed by atoms with E-state index in [1.165, 1.54) is 37.1 Å². The van der Waals surface area contributed by atoms with Crippen LogP contribution in [0.2, 0.25) is 0 Å². The Morgan fingerprint density at radius 1 is 1.25 bits per heavy atom. The van der Waals surface area contributed by atoms with Gasteiger partial charge in [0.25, 0.3) is 5.69 Å². The third kappa shape index (κ3) is 4.23. The first-order valence-electron chi connectivity index (χ1n) is 8.55. The van der Waals surface area contributed by atoms with E-state index in [9.17, 15) is 14.9 Å². The molecule has 0 aliphatic rings. The number of non-ortho nitro benzene ring substituents is 1. The number of benzene rings is 2. The standard InChI is InChI=1S/C20H19N3O4S/c1-12-10-19(21-16-7-5-4-6-15(12)16)28-13(2)20(24)22-17-11-14(23(25)26)8-9-18(17)27-3/h4-11,13H,1-3H3,(H,22,24). The lowest BCUT2D eigenvalue weighted by Crippen LogP contribution is -2.23. The molecule has 1 amide bonds. The van der Waals surface area contributed by atoms with Gasteiger partial charge in [-0.2, -0.15) is 0 Å². The molecule has 0 saturated heterocycles. The number of amides is 1. The number of nitrogens with zero attached hydrogens (tertiary/aromatic N) is 2. The van der Waals surface area contributed by atoms with E-state index in [-0.39, 0.29) is 17.3 Å². The van der Waals surface area contributed by atoms with Crippen molar-refractivity contribution in [2.75, 3.05) is 12.4 Å². The number of fused-ring (bicyclic) bond motifs is 1. The van der Waals surface area contributed by atoms with E-state index < -0.39 is 10.2 Å². The van der Waals surface area contributed by atoms with Gasteiger partial charge in [0.1, 0.15) is 5.75 Å². The van der Waals surface area contributed by atoms with Gasteiger partial charge in [0.15, 0.2) is 0 Å². The van der Waals surface area contributed by atoms with E-state index in [1.54, 1.807) is 6.92 Å². The van der Waals surface area contributed by atoms with Crippen LogP contribution in [0.25, 0.3) is 10.9 Å². The molecule has 0 spiro atoms. The number of hydrogen-bond donors (Lipinski definition) is 1. The minimum atomic E-state index is -0.519. The number of anilines is 1. The van der Waals surface area contributed by atoms with Crippen LogP contribution >= 0.6 is 11.8 Å². The van der Waals surface area contributed by atoms with Crippen LogP contribution in [0.1, 0.15) is 12.5 Å². The van der Waals surface area contributed by atoms with Crippen LogP contribution in [0.4, 0.5) is 11.4 Å². The van der Waals surface area contributed by atoms with Crippen LogP contribution in [0.3, 0.4) is 0 Å². The van der Waals surface area contributed by atoms with Gasteiger partial charge < -0.3 is 10.1 Å². The number of ether oxygens (including phenoxy) is 1. The van der Waals surface area contributed by atoms with Crippen molar-refractivity contribution in [1.29, 1.82) is 0 Å². The Balaban J connectivity index is 1.78. The van der Waals surface area contributed by atoms with E-state index in [0.717, 1.165) is 21.5 Å². The summed E-state index contributed by atoms with van der Waals surface area (Å²) < 4.78 is 5.19. The number of nitro groups is 1. The van der Waals surface area contributed by atoms with Gasteiger partial charge in [0.05, 0.1) is 33.5 Å². The molecule has 0 fully saturated rings. The number of nitro benzene ring substituents is 1. The number of nitrogens with one attached hydrogen (secondary N) is 1. The summed E-state index contributed by atoms with van der Waals surface area (Å²) in [6, 6.07) is 13.9. The first-order valence-corrected chi connectivity index (χ1v) is 9.43. The third-order valence-corrected chi connectivity index (χ3v) is 5.24. The molecule has 1 aromatic heterocycles. The van der Waals surface area contributed by atoms with Gasteiger partial charge >= 0.3 is 0 Å². The lowest BCUT2D eigenvalue weighted by Gasteiger charge is -2.14. The molecule has 1 atom stereocenters. The van der Waals surface area contributed by atoms with Crippen molar-refractivity contribution in [3.8, 4) is 5.75 Å². The number of rotatable bonds is 6. The fourth-order valence-corrected chi connectivity index (χ4v) is 3.68. The summed E-state index contributed by atoms with van der Waals surface area (Å²) in [7, 11) is 1.44. The number of carbonyl (C=O) groups is 1. The van der Waals surface area contributed by atoms with E-state index in [4.69, 9.17) is 4.74 Å². The zero-order valence-corrected chi connectivity index (χ0v) is 16.4. The first kappa shape index (κ1) is 19.6. The molecule has 0 aliphatic heterocycles. The Morgan fingerprint density at radius 3 is 2.71 bits per heavy atom. The summed E-state index contributed by atoms with van der Waals surface area (Å²) in [5.74, 6) is 0.0623. The average molecular weight is 397 g/mol. The summed E-state index contributed by atoms with van der Waals surface area (Å²) in [5.41, 5.74) is 2.10. The molecule has 0 radical (unpaired) electrons. The molecule has 3 aromatic rings. The Kier molecular flexibility index (Phi) is 5.79. The van der Waals surface area contributed by atoms with Gasteiger partial charge in [-0.15, -0.1) is 0 Å². The van der Waals surface area contributed by atoms with Crippen LogP contribution in [0, 0.1) is 17.0 Å². The highest BCUT2D eigenvalue weighted by molar-refractivity contribution is 8.00. The summed E-state index contributed by atoms with van der Waals surface area (Å²) in [4.78, 5) is 27.7. The van der Waals surface area contributed by atoms with Crippen LogP contribution in [-0.2, 0) is 4.79 Å².